The van der Waals surface area contributed by atoms with Crippen molar-refractivity contribution in [2.45, 2.75) is 39.1 Å². The third kappa shape index (κ3) is 2.70. The van der Waals surface area contributed by atoms with Gasteiger partial charge in [0.15, 0.2) is 5.82 Å². The fraction of sp³-hybridized carbons (Fsp3) is 0.429. The van der Waals surface area contributed by atoms with E-state index in [0.29, 0.717) is 5.88 Å². The van der Waals surface area contributed by atoms with Gasteiger partial charge in [0.1, 0.15) is 5.82 Å². The Kier molecular flexibility index (Phi) is 4.02. The van der Waals surface area contributed by atoms with Crippen LogP contribution in [0.4, 0.5) is 0 Å². The minimum atomic E-state index is -0.119. The molecule has 5 heteroatoms. The summed E-state index contributed by atoms with van der Waals surface area (Å²) in [5.41, 5.74) is 2.10. The molecular weight excluding hydrogens is 326 g/mol. The van der Waals surface area contributed by atoms with Gasteiger partial charge in [-0.25, -0.2) is 0 Å². The third-order valence-electron chi connectivity index (χ3n) is 2.95. The van der Waals surface area contributed by atoms with E-state index in [9.17, 15) is 0 Å². The maximum absolute atomic E-state index is 5.97. The predicted octanol–water partition coefficient (Wildman–Crippen LogP) is 4.51. The van der Waals surface area contributed by atoms with Gasteiger partial charge in [0.25, 0.3) is 0 Å². The number of aryl methyl sites for hydroxylation is 1. The first kappa shape index (κ1) is 14.5. The molecule has 2 rings (SSSR count). The summed E-state index contributed by atoms with van der Waals surface area (Å²) >= 11 is 9.61. The second kappa shape index (κ2) is 5.25. The van der Waals surface area contributed by atoms with E-state index in [1.807, 2.05) is 12.1 Å². The van der Waals surface area contributed by atoms with Crippen molar-refractivity contribution >= 4 is 27.5 Å². The molecule has 0 bridgehead atoms. The molecule has 0 spiro atoms. The van der Waals surface area contributed by atoms with E-state index < -0.39 is 0 Å². The zero-order valence-corrected chi connectivity index (χ0v) is 13.9. The molecule has 2 aromatic rings. The first-order valence-corrected chi connectivity index (χ1v) is 7.45. The zero-order chi connectivity index (χ0) is 14.2. The molecule has 0 saturated heterocycles. The van der Waals surface area contributed by atoms with Gasteiger partial charge in [0.2, 0.25) is 0 Å². The molecule has 0 aliphatic heterocycles. The molecule has 19 heavy (non-hydrogen) atoms. The van der Waals surface area contributed by atoms with Gasteiger partial charge in [-0.05, 0) is 49.2 Å². The average molecular weight is 343 g/mol. The van der Waals surface area contributed by atoms with Crippen molar-refractivity contribution in [1.29, 1.82) is 0 Å². The maximum atomic E-state index is 5.97. The number of rotatable bonds is 2. The van der Waals surface area contributed by atoms with E-state index in [1.165, 1.54) is 5.56 Å². The van der Waals surface area contributed by atoms with Crippen LogP contribution in [0.2, 0.25) is 0 Å². The fourth-order valence-electron chi connectivity index (χ4n) is 2.10. The zero-order valence-electron chi connectivity index (χ0n) is 11.5. The van der Waals surface area contributed by atoms with Crippen LogP contribution in [0.15, 0.2) is 22.7 Å². The molecule has 0 N–H and O–H groups in total. The van der Waals surface area contributed by atoms with Crippen LogP contribution in [0.3, 0.4) is 0 Å². The van der Waals surface area contributed by atoms with E-state index in [0.717, 1.165) is 21.7 Å². The molecule has 102 valence electrons. The van der Waals surface area contributed by atoms with Crippen molar-refractivity contribution in [1.82, 2.24) is 14.8 Å². The summed E-state index contributed by atoms with van der Waals surface area (Å²) in [6, 6.07) is 6.13. The average Bonchev–Trinajstić information content (AvgIpc) is 2.76. The molecule has 0 radical (unpaired) electrons. The lowest BCUT2D eigenvalue weighted by Gasteiger charge is -2.25. The number of aromatic nitrogens is 3. The highest BCUT2D eigenvalue weighted by Crippen LogP contribution is 2.33. The van der Waals surface area contributed by atoms with Crippen LogP contribution in [0, 0.1) is 6.92 Å². The molecular formula is C14H17BrClN3. The Morgan fingerprint density at radius 3 is 2.53 bits per heavy atom. The summed E-state index contributed by atoms with van der Waals surface area (Å²) in [6.07, 6.45) is 0. The third-order valence-corrected chi connectivity index (χ3v) is 4.24. The predicted molar refractivity (Wildman–Crippen MR) is 82.4 cm³/mol. The normalized spacial score (nSPS) is 11.9. The molecule has 0 aliphatic carbocycles. The van der Waals surface area contributed by atoms with E-state index in [2.05, 4.69) is 64.5 Å². The number of nitrogens with zero attached hydrogens (tertiary/aromatic N) is 3. The molecule has 0 unspecified atom stereocenters. The number of benzene rings is 1. The molecule has 1 aromatic carbocycles. The quantitative estimate of drug-likeness (QED) is 0.752. The van der Waals surface area contributed by atoms with Crippen molar-refractivity contribution in [3.63, 3.8) is 0 Å². The Bertz CT molecular complexity index is 599. The smallest absolute Gasteiger partial charge is 0.165 e. The summed E-state index contributed by atoms with van der Waals surface area (Å²) < 4.78 is 3.15. The molecule has 0 atom stereocenters. The van der Waals surface area contributed by atoms with Crippen LogP contribution in [-0.2, 0) is 11.4 Å². The van der Waals surface area contributed by atoms with Crippen molar-refractivity contribution < 1.29 is 0 Å². The highest BCUT2D eigenvalue weighted by Gasteiger charge is 2.24. The largest absolute Gasteiger partial charge is 0.305 e. The summed E-state index contributed by atoms with van der Waals surface area (Å²) in [6.45, 7) is 8.44. The van der Waals surface area contributed by atoms with E-state index in [-0.39, 0.29) is 5.54 Å². The Morgan fingerprint density at radius 2 is 1.95 bits per heavy atom. The first-order chi connectivity index (χ1) is 8.86. The molecule has 0 fully saturated rings. The van der Waals surface area contributed by atoms with Gasteiger partial charge < -0.3 is 4.57 Å². The summed E-state index contributed by atoms with van der Waals surface area (Å²) in [5, 5.41) is 8.53. The Morgan fingerprint density at radius 1 is 1.26 bits per heavy atom. The Labute approximate surface area is 127 Å². The number of halogens is 2. The molecule has 0 saturated carbocycles. The molecule has 0 aliphatic rings. The van der Waals surface area contributed by atoms with Crippen LogP contribution < -0.4 is 0 Å². The van der Waals surface area contributed by atoms with Crippen LogP contribution in [0.1, 0.15) is 32.2 Å². The fourth-order valence-corrected chi connectivity index (χ4v) is 2.72. The van der Waals surface area contributed by atoms with Gasteiger partial charge in [-0.3, -0.25) is 0 Å². The van der Waals surface area contributed by atoms with E-state index >= 15 is 0 Å². The van der Waals surface area contributed by atoms with Gasteiger partial charge in [-0.2, -0.15) is 0 Å². The minimum Gasteiger partial charge on any atom is -0.305 e. The van der Waals surface area contributed by atoms with Crippen LogP contribution >= 0.6 is 27.5 Å². The van der Waals surface area contributed by atoms with Gasteiger partial charge in [-0.15, -0.1) is 21.8 Å². The highest BCUT2D eigenvalue weighted by molar-refractivity contribution is 9.10. The van der Waals surface area contributed by atoms with Crippen molar-refractivity contribution in [3.8, 4) is 11.4 Å². The number of hydrogen-bond acceptors (Lipinski definition) is 2. The molecule has 3 nitrogen and oxygen atoms in total. The molecule has 1 aromatic heterocycles. The maximum Gasteiger partial charge on any atom is 0.165 e. The van der Waals surface area contributed by atoms with Crippen molar-refractivity contribution in [2.24, 2.45) is 0 Å². The van der Waals surface area contributed by atoms with E-state index in [4.69, 9.17) is 11.6 Å². The monoisotopic (exact) mass is 341 g/mol. The topological polar surface area (TPSA) is 30.7 Å². The lowest BCUT2D eigenvalue weighted by molar-refractivity contribution is 0.390. The Balaban J connectivity index is 2.70. The molecule has 0 amide bonds. The van der Waals surface area contributed by atoms with Gasteiger partial charge in [-0.1, -0.05) is 18.2 Å². The van der Waals surface area contributed by atoms with Gasteiger partial charge >= 0.3 is 0 Å². The van der Waals surface area contributed by atoms with Crippen molar-refractivity contribution in [3.05, 3.63) is 34.1 Å². The number of hydrogen-bond donors (Lipinski definition) is 0. The summed E-state index contributed by atoms with van der Waals surface area (Å²) in [5.74, 6) is 1.99. The van der Waals surface area contributed by atoms with Crippen LogP contribution in [0.25, 0.3) is 11.4 Å². The lowest BCUT2D eigenvalue weighted by Crippen LogP contribution is -2.25. The van der Waals surface area contributed by atoms with Crippen LogP contribution in [-0.4, -0.2) is 14.8 Å². The van der Waals surface area contributed by atoms with Crippen LogP contribution in [0.5, 0.6) is 0 Å². The first-order valence-electron chi connectivity index (χ1n) is 6.12. The van der Waals surface area contributed by atoms with Gasteiger partial charge in [0, 0.05) is 15.6 Å². The summed E-state index contributed by atoms with van der Waals surface area (Å²) in [7, 11) is 0. The SMILES string of the molecule is Cc1cccc(-c2nnc(CCl)n2C(C)(C)C)c1Br. The van der Waals surface area contributed by atoms with Gasteiger partial charge in [0.05, 0.1) is 5.88 Å². The van der Waals surface area contributed by atoms with E-state index in [1.54, 1.807) is 0 Å². The second-order valence-electron chi connectivity index (χ2n) is 5.52. The van der Waals surface area contributed by atoms with Crippen molar-refractivity contribution in [2.75, 3.05) is 0 Å². The number of alkyl halides is 1. The Hall–Kier alpha value is -0.870. The molecule has 1 heterocycles. The summed E-state index contributed by atoms with van der Waals surface area (Å²) in [4.78, 5) is 0. The minimum absolute atomic E-state index is 0.119. The second-order valence-corrected chi connectivity index (χ2v) is 6.58. The lowest BCUT2D eigenvalue weighted by atomic mass is 10.1. The highest BCUT2D eigenvalue weighted by atomic mass is 79.9. The standard InChI is InChI=1S/C14H17BrClN3/c1-9-6-5-7-10(12(9)15)13-18-17-11(8-16)19(13)14(2,3)4/h5-7H,8H2,1-4H3.